The van der Waals surface area contributed by atoms with Crippen LogP contribution in [0.3, 0.4) is 0 Å². The van der Waals surface area contributed by atoms with Crippen LogP contribution in [0.2, 0.25) is 0 Å². The maximum Gasteiger partial charge on any atom is 0.315 e. The minimum absolute atomic E-state index is 0.210. The molecular weight excluding hydrogens is 270 g/mol. The molecule has 0 saturated carbocycles. The molecule has 0 radical (unpaired) electrons. The van der Waals surface area contributed by atoms with Gasteiger partial charge in [0, 0.05) is 25.1 Å². The lowest BCUT2D eigenvalue weighted by atomic mass is 10.1. The molecule has 120 valence electrons. The molecule has 2 unspecified atom stereocenters. The molecule has 6 heteroatoms. The first-order chi connectivity index (χ1) is 9.97. The van der Waals surface area contributed by atoms with Crippen molar-refractivity contribution in [2.45, 2.75) is 59.6 Å². The summed E-state index contributed by atoms with van der Waals surface area (Å²) in [6.45, 7) is 8.73. The fraction of sp³-hybridized carbons (Fsp3) is 0.733. The van der Waals surface area contributed by atoms with Gasteiger partial charge in [-0.05, 0) is 25.7 Å². The van der Waals surface area contributed by atoms with Crippen LogP contribution in [0.5, 0.6) is 0 Å². The second-order valence-electron chi connectivity index (χ2n) is 5.49. The number of carbonyl (C=O) groups is 1. The van der Waals surface area contributed by atoms with Gasteiger partial charge < -0.3 is 20.3 Å². The highest BCUT2D eigenvalue weighted by atomic mass is 16.5. The molecule has 1 rings (SSSR count). The lowest BCUT2D eigenvalue weighted by Crippen LogP contribution is -2.38. The minimum Gasteiger partial charge on any atom is -0.393 e. The summed E-state index contributed by atoms with van der Waals surface area (Å²) in [5, 5.41) is 18.9. The molecule has 1 heterocycles. The Morgan fingerprint density at radius 1 is 1.29 bits per heavy atom. The molecule has 2 atom stereocenters. The highest BCUT2D eigenvalue weighted by Crippen LogP contribution is 2.15. The molecule has 0 aromatic carbocycles. The van der Waals surface area contributed by atoms with Crippen molar-refractivity contribution in [3.63, 3.8) is 0 Å². The molecule has 2 amide bonds. The third-order valence-electron chi connectivity index (χ3n) is 3.39. The van der Waals surface area contributed by atoms with Crippen LogP contribution >= 0.6 is 0 Å². The van der Waals surface area contributed by atoms with Gasteiger partial charge in [-0.25, -0.2) is 4.79 Å². The molecule has 21 heavy (non-hydrogen) atoms. The lowest BCUT2D eigenvalue weighted by molar-refractivity contribution is 0.163. The zero-order valence-electron chi connectivity index (χ0n) is 13.4. The van der Waals surface area contributed by atoms with Gasteiger partial charge in [0.2, 0.25) is 0 Å². The lowest BCUT2D eigenvalue weighted by Gasteiger charge is -2.14. The van der Waals surface area contributed by atoms with E-state index in [9.17, 15) is 9.90 Å². The van der Waals surface area contributed by atoms with Crippen LogP contribution in [0.25, 0.3) is 0 Å². The topological polar surface area (TPSA) is 87.4 Å². The van der Waals surface area contributed by atoms with Gasteiger partial charge in [0.25, 0.3) is 0 Å². The number of aromatic nitrogens is 1. The summed E-state index contributed by atoms with van der Waals surface area (Å²) in [5.41, 5.74) is 1.88. The molecule has 0 aliphatic rings. The second-order valence-corrected chi connectivity index (χ2v) is 5.49. The first-order valence-corrected chi connectivity index (χ1v) is 7.63. The second kappa shape index (κ2) is 8.67. The number of aryl methyl sites for hydroxylation is 2. The van der Waals surface area contributed by atoms with Crippen molar-refractivity contribution >= 4 is 6.03 Å². The Morgan fingerprint density at radius 2 is 2.00 bits per heavy atom. The molecule has 0 bridgehead atoms. The number of urea groups is 1. The van der Waals surface area contributed by atoms with Crippen LogP contribution in [0.4, 0.5) is 4.79 Å². The Hall–Kier alpha value is -1.56. The summed E-state index contributed by atoms with van der Waals surface area (Å²) in [4.78, 5) is 11.8. The van der Waals surface area contributed by atoms with Gasteiger partial charge in [0.15, 0.2) is 0 Å². The monoisotopic (exact) mass is 297 g/mol. The number of hydrogen-bond acceptors (Lipinski definition) is 4. The van der Waals surface area contributed by atoms with Gasteiger partial charge >= 0.3 is 6.03 Å². The molecular formula is C15H27N3O3. The van der Waals surface area contributed by atoms with Crippen LogP contribution in [0.1, 0.15) is 51.1 Å². The number of aliphatic hydroxyl groups excluding tert-OH is 1. The van der Waals surface area contributed by atoms with Crippen LogP contribution in [-0.2, 0) is 19.4 Å². The van der Waals surface area contributed by atoms with E-state index in [0.29, 0.717) is 19.5 Å². The largest absolute Gasteiger partial charge is 0.393 e. The van der Waals surface area contributed by atoms with E-state index in [4.69, 9.17) is 4.52 Å². The van der Waals surface area contributed by atoms with E-state index >= 15 is 0 Å². The van der Waals surface area contributed by atoms with E-state index in [1.54, 1.807) is 6.92 Å². The molecule has 0 spiro atoms. The van der Waals surface area contributed by atoms with E-state index in [2.05, 4.69) is 15.8 Å². The molecule has 0 aliphatic heterocycles. The number of rotatable bonds is 8. The first-order valence-electron chi connectivity index (χ1n) is 7.63. The quantitative estimate of drug-likeness (QED) is 0.685. The van der Waals surface area contributed by atoms with Gasteiger partial charge in [-0.3, -0.25) is 0 Å². The van der Waals surface area contributed by atoms with Gasteiger partial charge in [0.1, 0.15) is 5.76 Å². The zero-order chi connectivity index (χ0) is 15.8. The van der Waals surface area contributed by atoms with Gasteiger partial charge in [-0.2, -0.15) is 0 Å². The molecule has 6 nitrogen and oxygen atoms in total. The Labute approximate surface area is 126 Å². The van der Waals surface area contributed by atoms with E-state index in [1.807, 2.05) is 20.8 Å². The maximum atomic E-state index is 11.8. The average molecular weight is 297 g/mol. The molecule has 1 aromatic heterocycles. The number of nitrogens with zero attached hydrogens (tertiary/aromatic N) is 1. The fourth-order valence-electron chi connectivity index (χ4n) is 2.30. The number of hydrogen-bond donors (Lipinski definition) is 3. The predicted octanol–water partition coefficient (Wildman–Crippen LogP) is 2.01. The number of aliphatic hydroxyl groups is 1. The Bertz CT molecular complexity index is 422. The van der Waals surface area contributed by atoms with Gasteiger partial charge in [0.05, 0.1) is 11.8 Å². The summed E-state index contributed by atoms with van der Waals surface area (Å²) in [6, 6.07) is -0.210. The summed E-state index contributed by atoms with van der Waals surface area (Å²) < 4.78 is 5.26. The fourth-order valence-corrected chi connectivity index (χ4v) is 2.30. The Kier molecular flexibility index (Phi) is 7.22. The predicted molar refractivity (Wildman–Crippen MR) is 81.0 cm³/mol. The van der Waals surface area contributed by atoms with Crippen molar-refractivity contribution in [3.05, 3.63) is 17.0 Å². The van der Waals surface area contributed by atoms with Crippen molar-refractivity contribution in [1.29, 1.82) is 0 Å². The summed E-state index contributed by atoms with van der Waals surface area (Å²) in [7, 11) is 0. The maximum absolute atomic E-state index is 11.8. The highest BCUT2D eigenvalue weighted by Gasteiger charge is 2.14. The van der Waals surface area contributed by atoms with Crippen molar-refractivity contribution in [1.82, 2.24) is 15.8 Å². The third-order valence-corrected chi connectivity index (χ3v) is 3.39. The molecule has 0 saturated heterocycles. The van der Waals surface area contributed by atoms with Crippen LogP contribution < -0.4 is 10.6 Å². The van der Waals surface area contributed by atoms with Crippen LogP contribution in [-0.4, -0.2) is 28.9 Å². The summed E-state index contributed by atoms with van der Waals surface area (Å²) in [6.07, 6.45) is 1.87. The van der Waals surface area contributed by atoms with Crippen molar-refractivity contribution in [2.75, 3.05) is 6.54 Å². The minimum atomic E-state index is -0.346. The van der Waals surface area contributed by atoms with Crippen molar-refractivity contribution in [2.24, 2.45) is 5.92 Å². The number of carbonyl (C=O) groups excluding carboxylic acids is 1. The van der Waals surface area contributed by atoms with Crippen LogP contribution in [0.15, 0.2) is 4.52 Å². The Morgan fingerprint density at radius 3 is 2.57 bits per heavy atom. The molecule has 3 N–H and O–H groups in total. The normalized spacial score (nSPS) is 13.8. The Balaban J connectivity index is 2.41. The first kappa shape index (κ1) is 17.5. The number of amides is 2. The molecule has 0 fully saturated rings. The average Bonchev–Trinajstić information content (AvgIpc) is 2.84. The van der Waals surface area contributed by atoms with E-state index in [0.717, 1.165) is 29.9 Å². The van der Waals surface area contributed by atoms with Gasteiger partial charge in [-0.15, -0.1) is 0 Å². The third kappa shape index (κ3) is 5.75. The summed E-state index contributed by atoms with van der Waals surface area (Å²) in [5.74, 6) is 1.07. The molecule has 1 aromatic rings. The standard InChI is InChI=1S/C15H27N3O3/c1-5-13-12(14(6-2)21-18-13)9-17-15(20)16-8-10(3)7-11(4)19/h10-11,19H,5-9H2,1-4H3,(H2,16,17,20). The smallest absolute Gasteiger partial charge is 0.315 e. The van der Waals surface area contributed by atoms with Gasteiger partial charge in [-0.1, -0.05) is 25.9 Å². The van der Waals surface area contributed by atoms with E-state index < -0.39 is 0 Å². The van der Waals surface area contributed by atoms with Crippen LogP contribution in [0, 0.1) is 5.92 Å². The van der Waals surface area contributed by atoms with E-state index in [1.165, 1.54) is 0 Å². The van der Waals surface area contributed by atoms with Crippen molar-refractivity contribution in [3.8, 4) is 0 Å². The number of nitrogens with one attached hydrogen (secondary N) is 2. The van der Waals surface area contributed by atoms with Crippen molar-refractivity contribution < 1.29 is 14.4 Å². The summed E-state index contributed by atoms with van der Waals surface area (Å²) >= 11 is 0. The van der Waals surface area contributed by atoms with E-state index in [-0.39, 0.29) is 18.1 Å². The molecule has 0 aliphatic carbocycles. The SMILES string of the molecule is CCc1noc(CC)c1CNC(=O)NCC(C)CC(C)O. The zero-order valence-corrected chi connectivity index (χ0v) is 13.4. The highest BCUT2D eigenvalue weighted by molar-refractivity contribution is 5.73.